The van der Waals surface area contributed by atoms with Gasteiger partial charge in [-0.15, -0.1) is 24.0 Å². The van der Waals surface area contributed by atoms with Crippen molar-refractivity contribution in [3.05, 3.63) is 18.5 Å². The number of aliphatic imine (C=N–C) groups is 1. The third-order valence-electron chi connectivity index (χ3n) is 5.14. The second-order valence-electron chi connectivity index (χ2n) is 7.40. The molecule has 2 fully saturated rings. The Labute approximate surface area is 185 Å². The molecule has 0 bridgehead atoms. The van der Waals surface area contributed by atoms with E-state index in [-0.39, 0.29) is 29.6 Å². The van der Waals surface area contributed by atoms with Gasteiger partial charge in [-0.25, -0.2) is 9.97 Å². The quantitative estimate of drug-likeness (QED) is 0.331. The molecule has 28 heavy (non-hydrogen) atoms. The van der Waals surface area contributed by atoms with Gasteiger partial charge in [0.05, 0.1) is 12.1 Å². The number of aromatic nitrogens is 2. The highest BCUT2D eigenvalue weighted by Gasteiger charge is 2.29. The Balaban J connectivity index is 0.00000280. The molecule has 2 aliphatic heterocycles. The van der Waals surface area contributed by atoms with E-state index in [0.29, 0.717) is 6.54 Å². The molecule has 3 rings (SSSR count). The topological polar surface area (TPSA) is 77.9 Å². The fraction of sp³-hybridized carbons (Fsp3) is 0.737. The van der Waals surface area contributed by atoms with Crippen molar-refractivity contribution in [2.45, 2.75) is 32.3 Å². The standard InChI is InChI=1S/C19H33N7O.HI/c1-3-20-17(24-16-19(2)6-4-15-27-19)21-9-10-25-11-13-26(14-12-25)18-22-7-5-8-23-18;/h5,7-8H,3-4,6,9-16H2,1-2H3,(H2,20,21,24);1H. The molecule has 2 N–H and O–H groups in total. The molecule has 0 aromatic carbocycles. The van der Waals surface area contributed by atoms with Gasteiger partial charge >= 0.3 is 0 Å². The summed E-state index contributed by atoms with van der Waals surface area (Å²) in [4.78, 5) is 18.1. The number of nitrogens with one attached hydrogen (secondary N) is 2. The molecule has 0 saturated carbocycles. The number of guanidine groups is 1. The third kappa shape index (κ3) is 7.00. The Hall–Kier alpha value is -1.20. The Morgan fingerprint density at radius 1 is 1.21 bits per heavy atom. The fourth-order valence-corrected chi connectivity index (χ4v) is 3.51. The van der Waals surface area contributed by atoms with Crippen LogP contribution in [0.15, 0.2) is 23.5 Å². The lowest BCUT2D eigenvalue weighted by Crippen LogP contribution is -2.49. The van der Waals surface area contributed by atoms with Gasteiger partial charge in [0.15, 0.2) is 5.96 Å². The number of hydrogen-bond donors (Lipinski definition) is 2. The van der Waals surface area contributed by atoms with Crippen LogP contribution in [0.3, 0.4) is 0 Å². The van der Waals surface area contributed by atoms with Gasteiger partial charge in [0.2, 0.25) is 5.95 Å². The Bertz CT molecular complexity index is 587. The number of nitrogens with zero attached hydrogens (tertiary/aromatic N) is 5. The van der Waals surface area contributed by atoms with Crippen LogP contribution in [0.25, 0.3) is 0 Å². The van der Waals surface area contributed by atoms with E-state index < -0.39 is 0 Å². The summed E-state index contributed by atoms with van der Waals surface area (Å²) < 4.78 is 5.83. The summed E-state index contributed by atoms with van der Waals surface area (Å²) in [6, 6.07) is 1.86. The summed E-state index contributed by atoms with van der Waals surface area (Å²) in [7, 11) is 0. The van der Waals surface area contributed by atoms with Crippen LogP contribution in [0.4, 0.5) is 5.95 Å². The molecule has 0 radical (unpaired) electrons. The van der Waals surface area contributed by atoms with Gasteiger partial charge in [-0.2, -0.15) is 0 Å². The molecule has 1 atom stereocenters. The van der Waals surface area contributed by atoms with Crippen molar-refractivity contribution >= 4 is 35.9 Å². The summed E-state index contributed by atoms with van der Waals surface area (Å²) >= 11 is 0. The van der Waals surface area contributed by atoms with Crippen molar-refractivity contribution in [2.24, 2.45) is 4.99 Å². The normalized spacial score (nSPS) is 23.4. The van der Waals surface area contributed by atoms with E-state index in [1.54, 1.807) is 12.4 Å². The van der Waals surface area contributed by atoms with E-state index in [9.17, 15) is 0 Å². The second kappa shape index (κ2) is 11.7. The van der Waals surface area contributed by atoms with Crippen molar-refractivity contribution in [3.63, 3.8) is 0 Å². The lowest BCUT2D eigenvalue weighted by atomic mass is 10.0. The predicted molar refractivity (Wildman–Crippen MR) is 124 cm³/mol. The van der Waals surface area contributed by atoms with E-state index in [2.05, 4.69) is 44.2 Å². The molecule has 158 valence electrons. The first kappa shape index (κ1) is 23.1. The zero-order valence-electron chi connectivity index (χ0n) is 17.1. The van der Waals surface area contributed by atoms with E-state index in [1.165, 1.54) is 0 Å². The molecule has 1 aromatic heterocycles. The maximum absolute atomic E-state index is 5.83. The molecule has 2 aliphatic rings. The molecular formula is C19H34IN7O. The molecule has 3 heterocycles. The minimum atomic E-state index is -0.0990. The predicted octanol–water partition coefficient (Wildman–Crippen LogP) is 1.34. The maximum Gasteiger partial charge on any atom is 0.225 e. The molecule has 0 spiro atoms. The van der Waals surface area contributed by atoms with E-state index in [1.807, 2.05) is 6.07 Å². The summed E-state index contributed by atoms with van der Waals surface area (Å²) in [6.07, 6.45) is 5.83. The first-order valence-corrected chi connectivity index (χ1v) is 10.1. The van der Waals surface area contributed by atoms with Gasteiger partial charge in [0.1, 0.15) is 0 Å². The van der Waals surface area contributed by atoms with Gasteiger partial charge in [0, 0.05) is 64.8 Å². The molecule has 0 amide bonds. The number of ether oxygens (including phenoxy) is 1. The van der Waals surface area contributed by atoms with Crippen molar-refractivity contribution < 1.29 is 4.74 Å². The Morgan fingerprint density at radius 2 is 1.96 bits per heavy atom. The zero-order valence-corrected chi connectivity index (χ0v) is 19.4. The van der Waals surface area contributed by atoms with Crippen LogP contribution in [-0.2, 0) is 4.74 Å². The molecule has 0 aliphatic carbocycles. The molecular weight excluding hydrogens is 469 g/mol. The van der Waals surface area contributed by atoms with Crippen LogP contribution < -0.4 is 15.5 Å². The van der Waals surface area contributed by atoms with Crippen LogP contribution in [0, 0.1) is 0 Å². The zero-order chi connectivity index (χ0) is 19.0. The summed E-state index contributed by atoms with van der Waals surface area (Å²) in [5.74, 6) is 1.71. The number of anilines is 1. The minimum absolute atomic E-state index is 0. The van der Waals surface area contributed by atoms with Gasteiger partial charge in [0.25, 0.3) is 0 Å². The number of piperazine rings is 1. The summed E-state index contributed by atoms with van der Waals surface area (Å²) in [5, 5.41) is 6.79. The first-order valence-electron chi connectivity index (χ1n) is 10.1. The van der Waals surface area contributed by atoms with E-state index >= 15 is 0 Å². The lowest BCUT2D eigenvalue weighted by Gasteiger charge is -2.34. The number of halogens is 1. The highest BCUT2D eigenvalue weighted by molar-refractivity contribution is 14.0. The van der Waals surface area contributed by atoms with E-state index in [4.69, 9.17) is 9.73 Å². The monoisotopic (exact) mass is 503 g/mol. The summed E-state index contributed by atoms with van der Waals surface area (Å²) in [5.41, 5.74) is -0.0990. The maximum atomic E-state index is 5.83. The van der Waals surface area contributed by atoms with Crippen LogP contribution in [0.2, 0.25) is 0 Å². The lowest BCUT2D eigenvalue weighted by molar-refractivity contribution is 0.0283. The third-order valence-corrected chi connectivity index (χ3v) is 5.14. The van der Waals surface area contributed by atoms with E-state index in [0.717, 1.165) is 77.2 Å². The van der Waals surface area contributed by atoms with Crippen molar-refractivity contribution in [3.8, 4) is 0 Å². The second-order valence-corrected chi connectivity index (χ2v) is 7.40. The molecule has 1 unspecified atom stereocenters. The van der Waals surface area contributed by atoms with Crippen LogP contribution in [-0.4, -0.2) is 85.4 Å². The number of rotatable bonds is 7. The van der Waals surface area contributed by atoms with Gasteiger partial charge in [-0.3, -0.25) is 9.89 Å². The fourth-order valence-electron chi connectivity index (χ4n) is 3.51. The Kier molecular flexibility index (Phi) is 9.66. The van der Waals surface area contributed by atoms with Gasteiger partial charge in [-0.05, 0) is 32.8 Å². The average molecular weight is 503 g/mol. The van der Waals surface area contributed by atoms with Crippen molar-refractivity contribution in [1.82, 2.24) is 25.5 Å². The largest absolute Gasteiger partial charge is 0.373 e. The SMILES string of the molecule is CCNC(=NCC1(C)CCCO1)NCCN1CCN(c2ncccn2)CC1.I. The van der Waals surface area contributed by atoms with Crippen LogP contribution >= 0.6 is 24.0 Å². The highest BCUT2D eigenvalue weighted by atomic mass is 127. The molecule has 8 nitrogen and oxygen atoms in total. The smallest absolute Gasteiger partial charge is 0.225 e. The number of hydrogen-bond acceptors (Lipinski definition) is 6. The molecule has 1 aromatic rings. The van der Waals surface area contributed by atoms with Crippen molar-refractivity contribution in [1.29, 1.82) is 0 Å². The molecule has 9 heteroatoms. The average Bonchev–Trinajstić information content (AvgIpc) is 3.14. The Morgan fingerprint density at radius 3 is 2.61 bits per heavy atom. The summed E-state index contributed by atoms with van der Waals surface area (Å²) in [6.45, 7) is 12.5. The highest BCUT2D eigenvalue weighted by Crippen LogP contribution is 2.24. The van der Waals surface area contributed by atoms with Crippen LogP contribution in [0.1, 0.15) is 26.7 Å². The minimum Gasteiger partial charge on any atom is -0.373 e. The first-order chi connectivity index (χ1) is 13.2. The van der Waals surface area contributed by atoms with Gasteiger partial charge in [-0.1, -0.05) is 0 Å². The van der Waals surface area contributed by atoms with Crippen molar-refractivity contribution in [2.75, 3.05) is 63.9 Å². The molecule has 2 saturated heterocycles. The van der Waals surface area contributed by atoms with Gasteiger partial charge < -0.3 is 20.3 Å². The van der Waals surface area contributed by atoms with Crippen LogP contribution in [0.5, 0.6) is 0 Å².